The van der Waals surface area contributed by atoms with Crippen LogP contribution in [-0.4, -0.2) is 47.6 Å². The molecule has 6 heteroatoms. The molecule has 2 saturated carbocycles. The van der Waals surface area contributed by atoms with Gasteiger partial charge in [0.25, 0.3) is 0 Å². The van der Waals surface area contributed by atoms with Crippen LogP contribution in [0.5, 0.6) is 5.75 Å². The summed E-state index contributed by atoms with van der Waals surface area (Å²) in [6.07, 6.45) is 7.34. The van der Waals surface area contributed by atoms with Gasteiger partial charge in [0, 0.05) is 13.1 Å². The van der Waals surface area contributed by atoms with Crippen molar-refractivity contribution < 1.29 is 19.4 Å². The van der Waals surface area contributed by atoms with Crippen LogP contribution in [0.2, 0.25) is 0 Å². The minimum absolute atomic E-state index is 0.0959. The van der Waals surface area contributed by atoms with Gasteiger partial charge in [-0.15, -0.1) is 0 Å². The first kappa shape index (κ1) is 20.6. The maximum atomic E-state index is 12.6. The molecule has 0 unspecified atom stereocenters. The van der Waals surface area contributed by atoms with Crippen molar-refractivity contribution in [3.05, 3.63) is 29.3 Å². The van der Waals surface area contributed by atoms with E-state index in [-0.39, 0.29) is 17.4 Å². The average Bonchev–Trinajstić information content (AvgIpc) is 2.64. The highest BCUT2D eigenvalue weighted by molar-refractivity contribution is 5.88. The lowest BCUT2D eigenvalue weighted by atomic mass is 9.78. The number of nitrogens with zero attached hydrogens (tertiary/aromatic N) is 1. The molecule has 28 heavy (non-hydrogen) atoms. The Labute approximate surface area is 167 Å². The molecule has 1 amide bonds. The predicted molar refractivity (Wildman–Crippen MR) is 107 cm³/mol. The Hall–Kier alpha value is -2.08. The van der Waals surface area contributed by atoms with Crippen molar-refractivity contribution in [2.75, 3.05) is 13.7 Å². The molecule has 6 nitrogen and oxygen atoms in total. The van der Waals surface area contributed by atoms with Crippen molar-refractivity contribution in [2.24, 2.45) is 17.6 Å². The number of carbonyl (C=O) groups excluding carboxylic acids is 1. The van der Waals surface area contributed by atoms with Crippen molar-refractivity contribution in [3.8, 4) is 5.75 Å². The Kier molecular flexibility index (Phi) is 6.60. The highest BCUT2D eigenvalue weighted by Crippen LogP contribution is 2.33. The summed E-state index contributed by atoms with van der Waals surface area (Å²) >= 11 is 0. The van der Waals surface area contributed by atoms with Crippen LogP contribution in [-0.2, 0) is 4.79 Å². The number of hydrogen-bond acceptors (Lipinski definition) is 4. The van der Waals surface area contributed by atoms with Crippen LogP contribution < -0.4 is 10.5 Å². The highest BCUT2D eigenvalue weighted by Gasteiger charge is 2.34. The third-order valence-electron chi connectivity index (χ3n) is 6.55. The smallest absolute Gasteiger partial charge is 0.335 e. The molecule has 1 aromatic rings. The molecular weight excluding hydrogens is 356 g/mol. The second-order valence-corrected chi connectivity index (χ2v) is 8.44. The van der Waals surface area contributed by atoms with Gasteiger partial charge < -0.3 is 20.5 Å². The summed E-state index contributed by atoms with van der Waals surface area (Å²) < 4.78 is 5.95. The van der Waals surface area contributed by atoms with Crippen molar-refractivity contribution in [2.45, 2.75) is 64.0 Å². The predicted octanol–water partition coefficient (Wildman–Crippen LogP) is 3.22. The second-order valence-electron chi connectivity index (χ2n) is 8.44. The number of carboxylic acids is 1. The lowest BCUT2D eigenvalue weighted by Gasteiger charge is -2.38. The Morgan fingerprint density at radius 3 is 2.43 bits per heavy atom. The fourth-order valence-corrected chi connectivity index (χ4v) is 4.26. The first-order chi connectivity index (χ1) is 13.4. The van der Waals surface area contributed by atoms with Gasteiger partial charge in [0.15, 0.2) is 0 Å². The summed E-state index contributed by atoms with van der Waals surface area (Å²) in [6, 6.07) is 4.94. The van der Waals surface area contributed by atoms with Crippen molar-refractivity contribution >= 4 is 11.9 Å². The van der Waals surface area contributed by atoms with E-state index in [2.05, 4.69) is 0 Å². The normalized spacial score (nSPS) is 23.5. The molecule has 0 saturated heterocycles. The van der Waals surface area contributed by atoms with Gasteiger partial charge in [-0.2, -0.15) is 0 Å². The molecule has 0 radical (unpaired) electrons. The standard InChI is InChI=1S/C22H32N2O4/c1-14-12-17(22(26)27)10-11-19(14)28-13-15-6-8-16(9-7-15)20(23)21(25)24(2)18-4-3-5-18/h10-12,15-16,18,20H,3-9,13,23H2,1-2H3,(H,26,27)/t15?,16?,20-/m0/s1. The van der Waals surface area contributed by atoms with Crippen LogP contribution in [0.4, 0.5) is 0 Å². The molecule has 2 aliphatic carbocycles. The van der Waals surface area contributed by atoms with E-state index in [1.807, 2.05) is 18.9 Å². The number of carbonyl (C=O) groups is 2. The molecule has 0 bridgehead atoms. The van der Waals surface area contributed by atoms with Crippen LogP contribution in [0.1, 0.15) is 60.9 Å². The van der Waals surface area contributed by atoms with Gasteiger partial charge in [-0.25, -0.2) is 4.79 Å². The minimum Gasteiger partial charge on any atom is -0.493 e. The van der Waals surface area contributed by atoms with Crippen LogP contribution >= 0.6 is 0 Å². The molecule has 0 heterocycles. The first-order valence-corrected chi connectivity index (χ1v) is 10.4. The zero-order chi connectivity index (χ0) is 20.3. The number of aromatic carboxylic acids is 1. The van der Waals surface area contributed by atoms with Gasteiger partial charge in [-0.3, -0.25) is 4.79 Å². The number of carboxylic acid groups (broad SMARTS) is 1. The summed E-state index contributed by atoms with van der Waals surface area (Å²) in [6.45, 7) is 2.48. The molecule has 154 valence electrons. The van der Waals surface area contributed by atoms with E-state index < -0.39 is 12.0 Å². The van der Waals surface area contributed by atoms with E-state index in [0.29, 0.717) is 18.6 Å². The zero-order valence-corrected chi connectivity index (χ0v) is 16.9. The SMILES string of the molecule is Cc1cc(C(=O)O)ccc1OCC1CCC([C@H](N)C(=O)N(C)C2CCC2)CC1. The molecule has 3 N–H and O–H groups in total. The summed E-state index contributed by atoms with van der Waals surface area (Å²) in [5.41, 5.74) is 7.42. The molecule has 2 aliphatic rings. The maximum absolute atomic E-state index is 12.6. The van der Waals surface area contributed by atoms with Crippen LogP contribution in [0.15, 0.2) is 18.2 Å². The molecule has 0 aliphatic heterocycles. The maximum Gasteiger partial charge on any atom is 0.335 e. The molecule has 0 spiro atoms. The molecule has 0 aromatic heterocycles. The Bertz CT molecular complexity index is 708. The van der Waals surface area contributed by atoms with Crippen LogP contribution in [0.25, 0.3) is 0 Å². The molecule has 3 rings (SSSR count). The summed E-state index contributed by atoms with van der Waals surface area (Å²) in [5, 5.41) is 9.05. The van der Waals surface area contributed by atoms with E-state index in [9.17, 15) is 9.59 Å². The fourth-order valence-electron chi connectivity index (χ4n) is 4.26. The number of rotatable bonds is 7. The van der Waals surface area contributed by atoms with E-state index >= 15 is 0 Å². The molecule has 1 aromatic carbocycles. The summed E-state index contributed by atoms with van der Waals surface area (Å²) in [7, 11) is 1.89. The van der Waals surface area contributed by atoms with E-state index in [1.165, 1.54) is 6.42 Å². The minimum atomic E-state index is -0.929. The highest BCUT2D eigenvalue weighted by atomic mass is 16.5. The largest absolute Gasteiger partial charge is 0.493 e. The Balaban J connectivity index is 1.45. The van der Waals surface area contributed by atoms with Gasteiger partial charge in [0.1, 0.15) is 5.75 Å². The molecular formula is C22H32N2O4. The van der Waals surface area contributed by atoms with Crippen molar-refractivity contribution in [3.63, 3.8) is 0 Å². The number of likely N-dealkylation sites (N-methyl/N-ethyl adjacent to an activating group) is 1. The summed E-state index contributed by atoms with van der Waals surface area (Å²) in [4.78, 5) is 25.5. The lowest BCUT2D eigenvalue weighted by molar-refractivity contribution is -0.136. The van der Waals surface area contributed by atoms with Gasteiger partial charge in [0.2, 0.25) is 5.91 Å². The summed E-state index contributed by atoms with van der Waals surface area (Å²) in [5.74, 6) is 0.603. The van der Waals surface area contributed by atoms with Crippen LogP contribution in [0, 0.1) is 18.8 Å². The number of hydrogen-bond donors (Lipinski definition) is 2. The van der Waals surface area contributed by atoms with Crippen LogP contribution in [0.3, 0.4) is 0 Å². The monoisotopic (exact) mass is 388 g/mol. The number of ether oxygens (including phenoxy) is 1. The van der Waals surface area contributed by atoms with E-state index in [0.717, 1.165) is 49.8 Å². The second kappa shape index (κ2) is 8.95. The Morgan fingerprint density at radius 1 is 1.21 bits per heavy atom. The van der Waals surface area contributed by atoms with E-state index in [1.54, 1.807) is 18.2 Å². The number of nitrogens with two attached hydrogens (primary N) is 1. The van der Waals surface area contributed by atoms with Gasteiger partial charge in [0.05, 0.1) is 18.2 Å². The van der Waals surface area contributed by atoms with Gasteiger partial charge >= 0.3 is 5.97 Å². The zero-order valence-electron chi connectivity index (χ0n) is 16.9. The Morgan fingerprint density at radius 2 is 1.89 bits per heavy atom. The van der Waals surface area contributed by atoms with Gasteiger partial charge in [-0.05, 0) is 87.5 Å². The average molecular weight is 389 g/mol. The van der Waals surface area contributed by atoms with Crippen molar-refractivity contribution in [1.82, 2.24) is 4.90 Å². The lowest BCUT2D eigenvalue weighted by Crippen LogP contribution is -2.52. The van der Waals surface area contributed by atoms with E-state index in [4.69, 9.17) is 15.6 Å². The fraction of sp³-hybridized carbons (Fsp3) is 0.636. The topological polar surface area (TPSA) is 92.9 Å². The third-order valence-corrected chi connectivity index (χ3v) is 6.55. The van der Waals surface area contributed by atoms with Gasteiger partial charge in [-0.1, -0.05) is 0 Å². The molecule has 1 atom stereocenters. The third kappa shape index (κ3) is 4.66. The number of benzene rings is 1. The first-order valence-electron chi connectivity index (χ1n) is 10.4. The van der Waals surface area contributed by atoms with Crippen molar-refractivity contribution in [1.29, 1.82) is 0 Å². The molecule has 2 fully saturated rings. The number of aryl methyl sites for hydroxylation is 1. The number of amides is 1. The quantitative estimate of drug-likeness (QED) is 0.748.